The molecule has 0 spiro atoms. The lowest BCUT2D eigenvalue weighted by atomic mass is 9.94. The van der Waals surface area contributed by atoms with E-state index in [1.807, 2.05) is 17.9 Å². The molecule has 0 aromatic carbocycles. The third kappa shape index (κ3) is 4.80. The maximum atomic E-state index is 13.6. The first kappa shape index (κ1) is 25.0. The average molecular weight is 527 g/mol. The second-order valence-corrected chi connectivity index (χ2v) is 11.1. The molecular weight excluding hydrogens is 496 g/mol. The summed E-state index contributed by atoms with van der Waals surface area (Å²) in [6, 6.07) is 5.55. The molecule has 1 amide bonds. The van der Waals surface area contributed by atoms with Gasteiger partial charge in [-0.2, -0.15) is 0 Å². The van der Waals surface area contributed by atoms with E-state index in [4.69, 9.17) is 21.9 Å². The molecule has 1 aliphatic carbocycles. The van der Waals surface area contributed by atoms with Gasteiger partial charge < -0.3 is 9.64 Å². The summed E-state index contributed by atoms with van der Waals surface area (Å²) >= 11 is 6.86. The van der Waals surface area contributed by atoms with E-state index >= 15 is 0 Å². The number of carbonyl (C=O) groups is 2. The number of fused-ring (bicyclic) bond motifs is 1. The van der Waals surface area contributed by atoms with Gasteiger partial charge in [0.25, 0.3) is 11.5 Å². The number of aromatic nitrogens is 2. The van der Waals surface area contributed by atoms with Crippen LogP contribution in [-0.2, 0) is 14.3 Å². The normalized spacial score (nSPS) is 21.1. The molecule has 10 heteroatoms. The number of thiocarbonyl (C=S) groups is 1. The largest absolute Gasteiger partial charge is 0.466 e. The van der Waals surface area contributed by atoms with E-state index < -0.39 is 0 Å². The minimum atomic E-state index is -0.231. The number of amides is 1. The summed E-state index contributed by atoms with van der Waals surface area (Å²) in [6.07, 6.45) is 9.91. The molecule has 0 unspecified atom stereocenters. The molecule has 8 nitrogen and oxygen atoms in total. The van der Waals surface area contributed by atoms with Gasteiger partial charge >= 0.3 is 5.97 Å². The van der Waals surface area contributed by atoms with Gasteiger partial charge in [0, 0.05) is 25.3 Å². The molecule has 0 radical (unpaired) electrons. The van der Waals surface area contributed by atoms with Crippen LogP contribution in [0.25, 0.3) is 11.7 Å². The summed E-state index contributed by atoms with van der Waals surface area (Å²) in [7, 11) is 0. The Bertz CT molecular complexity index is 1280. The van der Waals surface area contributed by atoms with Gasteiger partial charge in [-0.1, -0.05) is 49.3 Å². The highest BCUT2D eigenvalue weighted by Gasteiger charge is 2.38. The molecule has 2 aromatic heterocycles. The highest BCUT2D eigenvalue weighted by molar-refractivity contribution is 8.26. The number of piperidine rings is 1. The minimum absolute atomic E-state index is 0.124. The molecule has 3 aliphatic rings. The molecule has 4 heterocycles. The van der Waals surface area contributed by atoms with Crippen LogP contribution in [0.4, 0.5) is 5.82 Å². The number of anilines is 1. The summed E-state index contributed by atoms with van der Waals surface area (Å²) in [5.41, 5.74) is 0.681. The van der Waals surface area contributed by atoms with Gasteiger partial charge in [-0.3, -0.25) is 23.7 Å². The summed E-state index contributed by atoms with van der Waals surface area (Å²) in [5.74, 6) is 0.0890. The second kappa shape index (κ2) is 10.7. The first-order chi connectivity index (χ1) is 17.5. The van der Waals surface area contributed by atoms with Crippen LogP contribution >= 0.6 is 24.0 Å². The fraction of sp³-hybridized carbons (Fsp3) is 0.500. The smallest absolute Gasteiger partial charge is 0.309 e. The number of thioether (sulfide) groups is 1. The van der Waals surface area contributed by atoms with Crippen LogP contribution in [0.15, 0.2) is 34.1 Å². The summed E-state index contributed by atoms with van der Waals surface area (Å²) in [6.45, 7) is 3.32. The van der Waals surface area contributed by atoms with Gasteiger partial charge in [-0.25, -0.2) is 4.98 Å². The average Bonchev–Trinajstić information content (AvgIpc) is 3.18. The summed E-state index contributed by atoms with van der Waals surface area (Å²) < 4.78 is 7.26. The maximum Gasteiger partial charge on any atom is 0.309 e. The number of esters is 1. The predicted octanol–water partition coefficient (Wildman–Crippen LogP) is 4.01. The van der Waals surface area contributed by atoms with Gasteiger partial charge in [-0.05, 0) is 50.8 Å². The van der Waals surface area contributed by atoms with Crippen LogP contribution in [0, 0.1) is 5.92 Å². The van der Waals surface area contributed by atoms with E-state index in [-0.39, 0.29) is 29.4 Å². The van der Waals surface area contributed by atoms with Crippen LogP contribution in [-0.4, -0.2) is 56.2 Å². The third-order valence-corrected chi connectivity index (χ3v) is 8.53. The molecule has 2 aliphatic heterocycles. The number of pyridine rings is 1. The Morgan fingerprint density at radius 3 is 2.64 bits per heavy atom. The molecule has 3 fully saturated rings. The maximum absolute atomic E-state index is 13.6. The van der Waals surface area contributed by atoms with Gasteiger partial charge in [0.1, 0.15) is 15.8 Å². The molecular formula is C26H30N4O4S2. The van der Waals surface area contributed by atoms with Crippen LogP contribution in [0.3, 0.4) is 0 Å². The fourth-order valence-corrected chi connectivity index (χ4v) is 6.69. The van der Waals surface area contributed by atoms with Crippen LogP contribution in [0.1, 0.15) is 57.4 Å². The number of hydrogen-bond donors (Lipinski definition) is 0. The van der Waals surface area contributed by atoms with E-state index in [0.717, 1.165) is 25.7 Å². The van der Waals surface area contributed by atoms with Gasteiger partial charge in [0.05, 0.1) is 23.0 Å². The molecule has 0 atom stereocenters. The number of nitrogens with zero attached hydrogens (tertiary/aromatic N) is 4. The number of rotatable bonds is 5. The predicted molar refractivity (Wildman–Crippen MR) is 145 cm³/mol. The van der Waals surface area contributed by atoms with Crippen molar-refractivity contribution in [2.24, 2.45) is 5.92 Å². The van der Waals surface area contributed by atoms with Crippen molar-refractivity contribution in [3.05, 3.63) is 45.2 Å². The molecule has 36 heavy (non-hydrogen) atoms. The molecule has 190 valence electrons. The zero-order chi connectivity index (χ0) is 25.2. The van der Waals surface area contributed by atoms with Crippen LogP contribution < -0.4 is 10.5 Å². The van der Waals surface area contributed by atoms with Gasteiger partial charge in [0.2, 0.25) is 0 Å². The Morgan fingerprint density at radius 1 is 1.17 bits per heavy atom. The zero-order valence-corrected chi connectivity index (χ0v) is 22.0. The van der Waals surface area contributed by atoms with E-state index in [9.17, 15) is 14.4 Å². The quantitative estimate of drug-likeness (QED) is 0.328. The van der Waals surface area contributed by atoms with Crippen LogP contribution in [0.2, 0.25) is 0 Å². The van der Waals surface area contributed by atoms with E-state index in [0.29, 0.717) is 58.8 Å². The van der Waals surface area contributed by atoms with E-state index in [1.54, 1.807) is 29.3 Å². The second-order valence-electron chi connectivity index (χ2n) is 9.44. The fourth-order valence-electron chi connectivity index (χ4n) is 5.31. The lowest BCUT2D eigenvalue weighted by Gasteiger charge is -2.32. The van der Waals surface area contributed by atoms with Crippen molar-refractivity contribution >= 4 is 57.7 Å². The number of carbonyl (C=O) groups excluding carboxylic acids is 2. The lowest BCUT2D eigenvalue weighted by molar-refractivity contribution is -0.148. The monoisotopic (exact) mass is 526 g/mol. The van der Waals surface area contributed by atoms with Crippen molar-refractivity contribution in [1.29, 1.82) is 0 Å². The highest BCUT2D eigenvalue weighted by Crippen LogP contribution is 2.38. The van der Waals surface area contributed by atoms with Crippen molar-refractivity contribution in [3.8, 4) is 0 Å². The number of ether oxygens (including phenoxy) is 1. The lowest BCUT2D eigenvalue weighted by Crippen LogP contribution is -2.40. The molecule has 0 N–H and O–H groups in total. The third-order valence-electron chi connectivity index (χ3n) is 7.20. The Kier molecular flexibility index (Phi) is 7.43. The van der Waals surface area contributed by atoms with E-state index in [1.165, 1.54) is 22.6 Å². The van der Waals surface area contributed by atoms with Crippen molar-refractivity contribution in [2.75, 3.05) is 24.6 Å². The molecule has 2 aromatic rings. The molecule has 1 saturated carbocycles. The Morgan fingerprint density at radius 2 is 1.92 bits per heavy atom. The molecule has 5 rings (SSSR count). The van der Waals surface area contributed by atoms with Crippen molar-refractivity contribution < 1.29 is 14.3 Å². The molecule has 0 bridgehead atoms. The Balaban J connectivity index is 1.49. The van der Waals surface area contributed by atoms with Crippen molar-refractivity contribution in [2.45, 2.75) is 57.9 Å². The topological polar surface area (TPSA) is 84.2 Å². The van der Waals surface area contributed by atoms with E-state index in [2.05, 4.69) is 0 Å². The van der Waals surface area contributed by atoms with Crippen molar-refractivity contribution in [3.63, 3.8) is 0 Å². The minimum Gasteiger partial charge on any atom is -0.466 e. The summed E-state index contributed by atoms with van der Waals surface area (Å²) in [5, 5.41) is 0. The first-order valence-corrected chi connectivity index (χ1v) is 13.9. The highest BCUT2D eigenvalue weighted by atomic mass is 32.2. The Labute approximate surface area is 219 Å². The van der Waals surface area contributed by atoms with Crippen molar-refractivity contribution in [1.82, 2.24) is 14.3 Å². The zero-order valence-electron chi connectivity index (χ0n) is 20.4. The Hall–Kier alpha value is -2.72. The number of hydrogen-bond acceptors (Lipinski definition) is 8. The molecule has 2 saturated heterocycles. The van der Waals surface area contributed by atoms with Gasteiger partial charge in [0.15, 0.2) is 0 Å². The standard InChI is InChI=1S/C26H30N4O4S2/c1-2-34-25(33)17-11-14-28(15-12-17)22-19(23(31)29-13-7-6-10-21(29)27-22)16-20-24(32)30(26(35)36-20)18-8-4-3-5-9-18/h6-7,10,13,16-18H,2-5,8-9,11-12,14-15H2,1H3. The first-order valence-electron chi connectivity index (χ1n) is 12.7. The SMILES string of the molecule is CCOC(=O)C1CCN(c2nc3ccccn3c(=O)c2C=C2SC(=S)N(C3CCCCC3)C2=O)CC1. The van der Waals surface area contributed by atoms with Gasteiger partial charge in [-0.15, -0.1) is 0 Å². The summed E-state index contributed by atoms with van der Waals surface area (Å²) in [4.78, 5) is 48.3. The van der Waals surface area contributed by atoms with Crippen LogP contribution in [0.5, 0.6) is 0 Å².